The number of esters is 1. The molecule has 3 aromatic rings. The van der Waals surface area contributed by atoms with Gasteiger partial charge in [-0.2, -0.15) is 0 Å². The second-order valence-electron chi connectivity index (χ2n) is 6.95. The molecule has 0 heterocycles. The van der Waals surface area contributed by atoms with Crippen LogP contribution < -0.4 is 14.2 Å². The molecule has 0 aliphatic heterocycles. The van der Waals surface area contributed by atoms with Gasteiger partial charge in [-0.15, -0.1) is 0 Å². The SMILES string of the molecule is COc1cc(/C=C/C(=O)Oc2c(C)cc(Br)cc2C)ccc1OCc1ccc(Cl)cc1. The lowest BCUT2D eigenvalue weighted by molar-refractivity contribution is -0.129. The van der Waals surface area contributed by atoms with Crippen LogP contribution in [0, 0.1) is 13.8 Å². The number of ether oxygens (including phenoxy) is 3. The molecule has 0 aromatic heterocycles. The molecule has 3 rings (SSSR count). The van der Waals surface area contributed by atoms with E-state index in [2.05, 4.69) is 15.9 Å². The standard InChI is InChI=1S/C25H22BrClO4/c1-16-12-20(26)13-17(2)25(16)31-24(28)11-7-18-6-10-22(23(14-18)29-3)30-15-19-4-8-21(27)9-5-19/h4-14H,15H2,1-3H3/b11-7+. The Bertz CT molecular complexity index is 1080. The van der Waals surface area contributed by atoms with Crippen LogP contribution in [0.2, 0.25) is 5.02 Å². The summed E-state index contributed by atoms with van der Waals surface area (Å²) in [4.78, 5) is 12.3. The van der Waals surface area contributed by atoms with Gasteiger partial charge in [-0.1, -0.05) is 45.7 Å². The predicted molar refractivity (Wildman–Crippen MR) is 127 cm³/mol. The predicted octanol–water partition coefficient (Wildman–Crippen LogP) is 6.93. The Kier molecular flexibility index (Phi) is 7.77. The second kappa shape index (κ2) is 10.5. The number of hydrogen-bond donors (Lipinski definition) is 0. The summed E-state index contributed by atoms with van der Waals surface area (Å²) >= 11 is 9.35. The summed E-state index contributed by atoms with van der Waals surface area (Å²) in [5.41, 5.74) is 3.56. The minimum Gasteiger partial charge on any atom is -0.493 e. The molecule has 3 aromatic carbocycles. The molecule has 0 N–H and O–H groups in total. The topological polar surface area (TPSA) is 44.8 Å². The van der Waals surface area contributed by atoms with Gasteiger partial charge in [0.25, 0.3) is 0 Å². The molecule has 4 nitrogen and oxygen atoms in total. The third kappa shape index (κ3) is 6.36. The van der Waals surface area contributed by atoms with Gasteiger partial charge in [0, 0.05) is 15.6 Å². The lowest BCUT2D eigenvalue weighted by Crippen LogP contribution is -2.06. The number of hydrogen-bond acceptors (Lipinski definition) is 4. The van der Waals surface area contributed by atoms with Crippen LogP contribution in [0.4, 0.5) is 0 Å². The number of rotatable bonds is 7. The Labute approximate surface area is 195 Å². The summed E-state index contributed by atoms with van der Waals surface area (Å²) < 4.78 is 17.8. The van der Waals surface area contributed by atoms with E-state index in [0.29, 0.717) is 28.9 Å². The first-order chi connectivity index (χ1) is 14.9. The maximum absolute atomic E-state index is 12.3. The van der Waals surface area contributed by atoms with E-state index >= 15 is 0 Å². The monoisotopic (exact) mass is 500 g/mol. The summed E-state index contributed by atoms with van der Waals surface area (Å²) in [5.74, 6) is 1.30. The van der Waals surface area contributed by atoms with Crippen molar-refractivity contribution in [3.8, 4) is 17.2 Å². The first-order valence-electron chi connectivity index (χ1n) is 9.57. The maximum atomic E-state index is 12.3. The van der Waals surface area contributed by atoms with Gasteiger partial charge in [0.15, 0.2) is 11.5 Å². The molecule has 0 atom stereocenters. The zero-order valence-corrected chi connectivity index (χ0v) is 19.8. The number of aryl methyl sites for hydroxylation is 2. The Morgan fingerprint density at radius 1 is 1.00 bits per heavy atom. The van der Waals surface area contributed by atoms with Gasteiger partial charge in [0.1, 0.15) is 12.4 Å². The van der Waals surface area contributed by atoms with Gasteiger partial charge < -0.3 is 14.2 Å². The Morgan fingerprint density at radius 3 is 2.32 bits per heavy atom. The highest BCUT2D eigenvalue weighted by molar-refractivity contribution is 9.10. The highest BCUT2D eigenvalue weighted by Crippen LogP contribution is 2.30. The lowest BCUT2D eigenvalue weighted by atomic mass is 10.1. The van der Waals surface area contributed by atoms with Crippen LogP contribution in [0.3, 0.4) is 0 Å². The summed E-state index contributed by atoms with van der Waals surface area (Å²) in [5, 5.41) is 0.682. The first-order valence-corrected chi connectivity index (χ1v) is 10.7. The number of benzene rings is 3. The number of carbonyl (C=O) groups excluding carboxylic acids is 1. The zero-order chi connectivity index (χ0) is 22.4. The van der Waals surface area contributed by atoms with Gasteiger partial charge in [-0.05, 0) is 78.6 Å². The minimum absolute atomic E-state index is 0.390. The molecule has 0 aliphatic rings. The average molecular weight is 502 g/mol. The lowest BCUT2D eigenvalue weighted by Gasteiger charge is -2.12. The van der Waals surface area contributed by atoms with Crippen LogP contribution in [-0.2, 0) is 11.4 Å². The second-order valence-corrected chi connectivity index (χ2v) is 8.30. The van der Waals surface area contributed by atoms with E-state index in [0.717, 1.165) is 26.7 Å². The van der Waals surface area contributed by atoms with Crippen LogP contribution in [0.5, 0.6) is 17.2 Å². The van der Waals surface area contributed by atoms with Crippen molar-refractivity contribution in [2.75, 3.05) is 7.11 Å². The van der Waals surface area contributed by atoms with E-state index in [1.165, 1.54) is 6.08 Å². The molecule has 0 unspecified atom stereocenters. The summed E-state index contributed by atoms with van der Waals surface area (Å²) in [7, 11) is 1.57. The van der Waals surface area contributed by atoms with Gasteiger partial charge in [-0.3, -0.25) is 0 Å². The molecular formula is C25H22BrClO4. The summed E-state index contributed by atoms with van der Waals surface area (Å²) in [6, 6.07) is 16.7. The highest BCUT2D eigenvalue weighted by atomic mass is 79.9. The fourth-order valence-electron chi connectivity index (χ4n) is 3.01. The van der Waals surface area contributed by atoms with Gasteiger partial charge >= 0.3 is 5.97 Å². The summed E-state index contributed by atoms with van der Waals surface area (Å²) in [6.45, 7) is 4.19. The molecule has 31 heavy (non-hydrogen) atoms. The molecule has 0 saturated heterocycles. The van der Waals surface area contributed by atoms with Crippen molar-refractivity contribution in [3.63, 3.8) is 0 Å². The van der Waals surface area contributed by atoms with E-state index in [1.807, 2.05) is 62.4 Å². The molecule has 0 amide bonds. The molecule has 0 spiro atoms. The van der Waals surface area contributed by atoms with Crippen molar-refractivity contribution in [2.45, 2.75) is 20.5 Å². The largest absolute Gasteiger partial charge is 0.493 e. The number of methoxy groups -OCH3 is 1. The van der Waals surface area contributed by atoms with Crippen molar-refractivity contribution in [1.29, 1.82) is 0 Å². The molecule has 0 bridgehead atoms. The quantitative estimate of drug-likeness (QED) is 0.200. The van der Waals surface area contributed by atoms with Crippen LogP contribution in [0.15, 0.2) is 65.1 Å². The zero-order valence-electron chi connectivity index (χ0n) is 17.4. The Balaban J connectivity index is 1.67. The fourth-order valence-corrected chi connectivity index (χ4v) is 3.82. The highest BCUT2D eigenvalue weighted by Gasteiger charge is 2.10. The normalized spacial score (nSPS) is 10.9. The number of halogens is 2. The maximum Gasteiger partial charge on any atom is 0.336 e. The van der Waals surface area contributed by atoms with Crippen LogP contribution in [-0.4, -0.2) is 13.1 Å². The van der Waals surface area contributed by atoms with Crippen molar-refractivity contribution in [1.82, 2.24) is 0 Å². The Hall–Kier alpha value is -2.76. The Morgan fingerprint density at radius 2 is 1.68 bits per heavy atom. The third-order valence-electron chi connectivity index (χ3n) is 4.53. The molecule has 0 aliphatic carbocycles. The van der Waals surface area contributed by atoms with E-state index in [-0.39, 0.29) is 0 Å². The first kappa shape index (κ1) is 22.9. The van der Waals surface area contributed by atoms with Crippen molar-refractivity contribution >= 4 is 39.6 Å². The van der Waals surface area contributed by atoms with E-state index < -0.39 is 5.97 Å². The van der Waals surface area contributed by atoms with Crippen LogP contribution >= 0.6 is 27.5 Å². The number of carbonyl (C=O) groups is 1. The fraction of sp³-hybridized carbons (Fsp3) is 0.160. The van der Waals surface area contributed by atoms with E-state index in [1.54, 1.807) is 19.3 Å². The van der Waals surface area contributed by atoms with Crippen molar-refractivity contribution in [2.24, 2.45) is 0 Å². The van der Waals surface area contributed by atoms with Crippen molar-refractivity contribution in [3.05, 3.63) is 92.4 Å². The molecule has 0 saturated carbocycles. The molecular weight excluding hydrogens is 480 g/mol. The van der Waals surface area contributed by atoms with Crippen molar-refractivity contribution < 1.29 is 19.0 Å². The smallest absolute Gasteiger partial charge is 0.336 e. The molecule has 6 heteroatoms. The van der Waals surface area contributed by atoms with E-state index in [4.69, 9.17) is 25.8 Å². The van der Waals surface area contributed by atoms with Gasteiger partial charge in [0.2, 0.25) is 0 Å². The van der Waals surface area contributed by atoms with E-state index in [9.17, 15) is 4.79 Å². The molecule has 0 radical (unpaired) electrons. The minimum atomic E-state index is -0.449. The average Bonchev–Trinajstić information content (AvgIpc) is 2.74. The van der Waals surface area contributed by atoms with Gasteiger partial charge in [-0.25, -0.2) is 4.79 Å². The van der Waals surface area contributed by atoms with Gasteiger partial charge in [0.05, 0.1) is 7.11 Å². The molecule has 160 valence electrons. The molecule has 0 fully saturated rings. The third-order valence-corrected chi connectivity index (χ3v) is 5.24. The van der Waals surface area contributed by atoms with Crippen LogP contribution in [0.25, 0.3) is 6.08 Å². The summed E-state index contributed by atoms with van der Waals surface area (Å²) in [6.07, 6.45) is 3.07. The van der Waals surface area contributed by atoms with Crippen LogP contribution in [0.1, 0.15) is 22.3 Å².